The van der Waals surface area contributed by atoms with Crippen molar-refractivity contribution in [1.82, 2.24) is 20.9 Å². The topological polar surface area (TPSA) is 78.4 Å². The highest BCUT2D eigenvalue weighted by molar-refractivity contribution is 14.0. The molecule has 0 aliphatic heterocycles. The first kappa shape index (κ1) is 24.2. The molecule has 0 atom stereocenters. The van der Waals surface area contributed by atoms with Crippen molar-refractivity contribution in [2.75, 3.05) is 26.7 Å². The van der Waals surface area contributed by atoms with Crippen molar-refractivity contribution >= 4 is 47.4 Å². The lowest BCUT2D eigenvalue weighted by Crippen LogP contribution is -2.38. The summed E-state index contributed by atoms with van der Waals surface area (Å²) in [6.07, 6.45) is 3.39. The van der Waals surface area contributed by atoms with E-state index in [4.69, 9.17) is 11.6 Å². The Morgan fingerprint density at radius 3 is 2.64 bits per heavy atom. The Bertz CT molecular complexity index is 767. The van der Waals surface area contributed by atoms with Crippen LogP contribution in [0.4, 0.5) is 0 Å². The number of halogens is 2. The summed E-state index contributed by atoms with van der Waals surface area (Å²) >= 11 is 5.80. The molecule has 0 bridgehead atoms. The van der Waals surface area contributed by atoms with E-state index in [1.807, 2.05) is 37.3 Å². The molecule has 0 aliphatic rings. The van der Waals surface area contributed by atoms with Gasteiger partial charge in [-0.25, -0.2) is 4.98 Å². The van der Waals surface area contributed by atoms with Crippen molar-refractivity contribution in [3.63, 3.8) is 0 Å². The van der Waals surface area contributed by atoms with Crippen LogP contribution in [0.3, 0.4) is 0 Å². The Balaban J connectivity index is 0.00000392. The Kier molecular flexibility index (Phi) is 11.5. The molecule has 1 heterocycles. The summed E-state index contributed by atoms with van der Waals surface area (Å²) in [5.74, 6) is 0.703. The third-order valence-electron chi connectivity index (χ3n) is 3.93. The maximum atomic E-state index is 11.7. The molecule has 6 nitrogen and oxygen atoms in total. The van der Waals surface area contributed by atoms with Gasteiger partial charge in [-0.2, -0.15) is 0 Å². The molecule has 2 rings (SSSR count). The zero-order chi connectivity index (χ0) is 19.5. The minimum Gasteiger partial charge on any atom is -0.357 e. The van der Waals surface area contributed by atoms with Crippen LogP contribution in [0.25, 0.3) is 0 Å². The number of aliphatic imine (C=N–C) groups is 1. The Labute approximate surface area is 188 Å². The molecule has 0 radical (unpaired) electrons. The van der Waals surface area contributed by atoms with E-state index in [0.717, 1.165) is 43.0 Å². The number of nitrogens with one attached hydrogen (secondary N) is 3. The number of carbonyl (C=O) groups excluding carboxylic acids is 1. The first-order valence-corrected chi connectivity index (χ1v) is 9.43. The fourth-order valence-electron chi connectivity index (χ4n) is 2.53. The second-order valence-electron chi connectivity index (χ2n) is 5.96. The van der Waals surface area contributed by atoms with Gasteiger partial charge in [0, 0.05) is 38.4 Å². The molecular weight excluding hydrogens is 489 g/mol. The van der Waals surface area contributed by atoms with Crippen LogP contribution in [0.1, 0.15) is 28.4 Å². The summed E-state index contributed by atoms with van der Waals surface area (Å²) in [7, 11) is 1.63. The minimum absolute atomic E-state index is 0. The van der Waals surface area contributed by atoms with Crippen LogP contribution in [0.15, 0.2) is 47.6 Å². The number of amides is 1. The Morgan fingerprint density at radius 1 is 1.14 bits per heavy atom. The zero-order valence-corrected chi connectivity index (χ0v) is 19.3. The van der Waals surface area contributed by atoms with E-state index in [9.17, 15) is 4.79 Å². The molecular formula is C20H27ClIN5O. The van der Waals surface area contributed by atoms with Gasteiger partial charge in [0.05, 0.1) is 0 Å². The van der Waals surface area contributed by atoms with Gasteiger partial charge >= 0.3 is 0 Å². The molecule has 0 unspecified atom stereocenters. The van der Waals surface area contributed by atoms with Crippen LogP contribution in [0, 0.1) is 0 Å². The van der Waals surface area contributed by atoms with Gasteiger partial charge in [-0.05, 0) is 49.1 Å². The molecule has 0 fully saturated rings. The van der Waals surface area contributed by atoms with Gasteiger partial charge in [-0.1, -0.05) is 29.8 Å². The zero-order valence-electron chi connectivity index (χ0n) is 16.2. The van der Waals surface area contributed by atoms with E-state index in [2.05, 4.69) is 25.9 Å². The third kappa shape index (κ3) is 8.43. The number of pyridine rings is 1. The fraction of sp³-hybridized carbons (Fsp3) is 0.350. The van der Waals surface area contributed by atoms with E-state index in [1.54, 1.807) is 19.3 Å². The summed E-state index contributed by atoms with van der Waals surface area (Å²) in [5.41, 5.74) is 2.87. The lowest BCUT2D eigenvalue weighted by molar-refractivity contribution is 0.0963. The quantitative estimate of drug-likeness (QED) is 0.219. The molecule has 3 N–H and O–H groups in total. The number of hydrogen-bond donors (Lipinski definition) is 3. The van der Waals surface area contributed by atoms with Crippen molar-refractivity contribution < 1.29 is 4.79 Å². The molecule has 8 heteroatoms. The third-order valence-corrected chi connectivity index (χ3v) is 4.15. The summed E-state index contributed by atoms with van der Waals surface area (Å²) in [5, 5.41) is 9.71. The average Bonchev–Trinajstić information content (AvgIpc) is 2.69. The summed E-state index contributed by atoms with van der Waals surface area (Å²) in [6, 6.07) is 11.4. The van der Waals surface area contributed by atoms with Crippen LogP contribution in [0.5, 0.6) is 0 Å². The van der Waals surface area contributed by atoms with Gasteiger partial charge in [0.25, 0.3) is 5.91 Å². The number of carbonyl (C=O) groups is 1. The lowest BCUT2D eigenvalue weighted by atomic mass is 10.1. The van der Waals surface area contributed by atoms with Crippen LogP contribution in [0.2, 0.25) is 5.15 Å². The molecule has 0 saturated carbocycles. The van der Waals surface area contributed by atoms with Crippen molar-refractivity contribution in [3.05, 3.63) is 64.4 Å². The van der Waals surface area contributed by atoms with Crippen LogP contribution < -0.4 is 16.0 Å². The summed E-state index contributed by atoms with van der Waals surface area (Å²) in [6.45, 7) is 4.21. The molecule has 152 valence electrons. The van der Waals surface area contributed by atoms with Crippen LogP contribution >= 0.6 is 35.6 Å². The number of rotatable bonds is 8. The van der Waals surface area contributed by atoms with Crippen molar-refractivity contribution in [3.8, 4) is 0 Å². The number of aromatic nitrogens is 1. The van der Waals surface area contributed by atoms with Crippen molar-refractivity contribution in [2.45, 2.75) is 19.8 Å². The fourth-order valence-corrected chi connectivity index (χ4v) is 2.64. The van der Waals surface area contributed by atoms with E-state index in [0.29, 0.717) is 17.3 Å². The van der Waals surface area contributed by atoms with Gasteiger partial charge in [0.15, 0.2) is 5.96 Å². The number of guanidine groups is 1. The van der Waals surface area contributed by atoms with Crippen molar-refractivity contribution in [1.29, 1.82) is 0 Å². The summed E-state index contributed by atoms with van der Waals surface area (Å²) in [4.78, 5) is 20.4. The molecule has 1 aromatic heterocycles. The van der Waals surface area contributed by atoms with Gasteiger partial charge in [0.2, 0.25) is 0 Å². The predicted molar refractivity (Wildman–Crippen MR) is 126 cm³/mol. The molecule has 28 heavy (non-hydrogen) atoms. The van der Waals surface area contributed by atoms with E-state index < -0.39 is 0 Å². The number of nitrogens with zero attached hydrogens (tertiary/aromatic N) is 2. The highest BCUT2D eigenvalue weighted by Gasteiger charge is 2.04. The number of hydrogen-bond acceptors (Lipinski definition) is 3. The van der Waals surface area contributed by atoms with E-state index in [-0.39, 0.29) is 29.9 Å². The van der Waals surface area contributed by atoms with Gasteiger partial charge in [-0.3, -0.25) is 9.79 Å². The van der Waals surface area contributed by atoms with Crippen LogP contribution in [-0.2, 0) is 12.8 Å². The molecule has 0 aliphatic carbocycles. The predicted octanol–water partition coefficient (Wildman–Crippen LogP) is 3.05. The molecule has 2 aromatic rings. The molecule has 1 aromatic carbocycles. The SMILES string of the molecule is CCNC(=NCCc1cccc(C(=O)NC)c1)NCCc1ccc(Cl)nc1.I. The van der Waals surface area contributed by atoms with Gasteiger partial charge in [-0.15, -0.1) is 24.0 Å². The van der Waals surface area contributed by atoms with Gasteiger partial charge < -0.3 is 16.0 Å². The van der Waals surface area contributed by atoms with Crippen LogP contribution in [-0.4, -0.2) is 43.5 Å². The normalized spacial score (nSPS) is 10.8. The molecule has 0 spiro atoms. The van der Waals surface area contributed by atoms with Crippen molar-refractivity contribution in [2.24, 2.45) is 4.99 Å². The molecule has 0 saturated heterocycles. The second kappa shape index (κ2) is 13.3. The minimum atomic E-state index is -0.0768. The standard InChI is InChI=1S/C20H26ClN5O.HI/c1-3-23-20(25-12-10-16-7-8-18(21)26-14-16)24-11-9-15-5-4-6-17(13-15)19(27)22-2;/h4-8,13-14H,3,9-12H2,1-2H3,(H,22,27)(H2,23,24,25);1H. The monoisotopic (exact) mass is 515 g/mol. The first-order chi connectivity index (χ1) is 13.1. The lowest BCUT2D eigenvalue weighted by Gasteiger charge is -2.11. The van der Waals surface area contributed by atoms with Gasteiger partial charge in [0.1, 0.15) is 5.15 Å². The Morgan fingerprint density at radius 2 is 1.96 bits per heavy atom. The summed E-state index contributed by atoms with van der Waals surface area (Å²) < 4.78 is 0. The number of benzene rings is 1. The maximum Gasteiger partial charge on any atom is 0.251 e. The smallest absolute Gasteiger partial charge is 0.251 e. The largest absolute Gasteiger partial charge is 0.357 e. The molecule has 1 amide bonds. The first-order valence-electron chi connectivity index (χ1n) is 9.06. The second-order valence-corrected chi connectivity index (χ2v) is 6.34. The van der Waals surface area contributed by atoms with E-state index >= 15 is 0 Å². The Hall–Kier alpha value is -1.87. The average molecular weight is 516 g/mol. The highest BCUT2D eigenvalue weighted by atomic mass is 127. The van der Waals surface area contributed by atoms with E-state index in [1.165, 1.54) is 0 Å². The maximum absolute atomic E-state index is 11.7. The highest BCUT2D eigenvalue weighted by Crippen LogP contribution is 2.07.